The first kappa shape index (κ1) is 20.0. The van der Waals surface area contributed by atoms with Crippen LogP contribution in [0.5, 0.6) is 0 Å². The maximum absolute atomic E-state index is 12.4. The van der Waals surface area contributed by atoms with Crippen LogP contribution in [0.2, 0.25) is 10.0 Å². The molecule has 3 rings (SSSR count). The van der Waals surface area contributed by atoms with E-state index >= 15 is 0 Å². The number of nitrogens with zero attached hydrogens (tertiary/aromatic N) is 1. The highest BCUT2D eigenvalue weighted by atomic mass is 35.5. The molecule has 1 aromatic rings. The molecule has 1 aromatic carbocycles. The van der Waals surface area contributed by atoms with Gasteiger partial charge in [-0.05, 0) is 38.0 Å². The number of benzene rings is 1. The zero-order valence-electron chi connectivity index (χ0n) is 15.0. The van der Waals surface area contributed by atoms with Gasteiger partial charge in [0.25, 0.3) is 5.91 Å². The normalized spacial score (nSPS) is 21.4. The number of carbonyl (C=O) groups excluding carboxylic acids is 3. The van der Waals surface area contributed by atoms with Crippen LogP contribution in [0, 0.1) is 5.92 Å². The Balaban J connectivity index is 1.54. The van der Waals surface area contributed by atoms with Gasteiger partial charge in [0.2, 0.25) is 5.91 Å². The van der Waals surface area contributed by atoms with E-state index in [9.17, 15) is 14.4 Å². The van der Waals surface area contributed by atoms with Crippen molar-refractivity contribution in [3.05, 3.63) is 28.2 Å². The second-order valence-corrected chi connectivity index (χ2v) is 7.92. The molecular formula is C19H22Cl2N2O4. The minimum absolute atomic E-state index is 0.00772. The van der Waals surface area contributed by atoms with Gasteiger partial charge in [-0.2, -0.15) is 0 Å². The van der Waals surface area contributed by atoms with Crippen molar-refractivity contribution in [2.75, 3.05) is 11.9 Å². The average Bonchev–Trinajstić information content (AvgIpc) is 3.27. The van der Waals surface area contributed by atoms with Crippen LogP contribution in [0.1, 0.15) is 39.0 Å². The quantitative estimate of drug-likeness (QED) is 0.748. The van der Waals surface area contributed by atoms with Crippen LogP contribution in [0.4, 0.5) is 5.69 Å². The molecule has 1 saturated carbocycles. The molecule has 0 radical (unpaired) electrons. The molecule has 0 aromatic heterocycles. The summed E-state index contributed by atoms with van der Waals surface area (Å²) in [5.41, 5.74) is 0.348. The third kappa shape index (κ3) is 4.74. The fourth-order valence-corrected chi connectivity index (χ4v) is 3.95. The molecule has 1 N–H and O–H groups in total. The first-order valence-corrected chi connectivity index (χ1v) is 9.86. The number of hydrogen-bond donors (Lipinski definition) is 1. The van der Waals surface area contributed by atoms with E-state index in [1.807, 2.05) is 0 Å². The van der Waals surface area contributed by atoms with Crippen LogP contribution in [0.25, 0.3) is 0 Å². The van der Waals surface area contributed by atoms with Gasteiger partial charge in [0.05, 0.1) is 16.6 Å². The smallest absolute Gasteiger partial charge is 0.312 e. The number of halogens is 2. The molecule has 27 heavy (non-hydrogen) atoms. The molecule has 0 unspecified atom stereocenters. The maximum atomic E-state index is 12.4. The summed E-state index contributed by atoms with van der Waals surface area (Å²) in [7, 11) is 0. The Hall–Kier alpha value is -1.79. The van der Waals surface area contributed by atoms with Gasteiger partial charge in [-0.3, -0.25) is 14.4 Å². The SMILES string of the molecule is C[C@H](OC(=O)[C@H]1CC(=O)N(C2CCCC2)C1)C(=O)Nc1cc(Cl)ccc1Cl. The van der Waals surface area contributed by atoms with Crippen LogP contribution < -0.4 is 5.32 Å². The third-order valence-corrected chi connectivity index (χ3v) is 5.67. The predicted molar refractivity (Wildman–Crippen MR) is 103 cm³/mol. The summed E-state index contributed by atoms with van der Waals surface area (Å²) >= 11 is 11.9. The van der Waals surface area contributed by atoms with E-state index in [4.69, 9.17) is 27.9 Å². The van der Waals surface area contributed by atoms with Crippen molar-refractivity contribution in [3.8, 4) is 0 Å². The first-order chi connectivity index (χ1) is 12.8. The molecule has 0 bridgehead atoms. The van der Waals surface area contributed by atoms with Gasteiger partial charge >= 0.3 is 5.97 Å². The molecule has 2 fully saturated rings. The molecule has 6 nitrogen and oxygen atoms in total. The lowest BCUT2D eigenvalue weighted by atomic mass is 10.1. The summed E-state index contributed by atoms with van der Waals surface area (Å²) < 4.78 is 5.29. The topological polar surface area (TPSA) is 75.7 Å². The van der Waals surface area contributed by atoms with E-state index in [0.29, 0.717) is 22.3 Å². The van der Waals surface area contributed by atoms with E-state index in [0.717, 1.165) is 25.7 Å². The highest BCUT2D eigenvalue weighted by molar-refractivity contribution is 6.35. The zero-order valence-corrected chi connectivity index (χ0v) is 16.6. The number of ether oxygens (including phenoxy) is 1. The minimum Gasteiger partial charge on any atom is -0.452 e. The van der Waals surface area contributed by atoms with Gasteiger partial charge in [-0.25, -0.2) is 0 Å². The highest BCUT2D eigenvalue weighted by Crippen LogP contribution is 2.30. The molecule has 146 valence electrons. The van der Waals surface area contributed by atoms with Crippen molar-refractivity contribution in [2.45, 2.75) is 51.2 Å². The third-order valence-electron chi connectivity index (χ3n) is 5.11. The fraction of sp³-hybridized carbons (Fsp3) is 0.526. The molecule has 2 amide bonds. The van der Waals surface area contributed by atoms with Crippen LogP contribution in [0.3, 0.4) is 0 Å². The molecule has 1 aliphatic heterocycles. The number of esters is 1. The van der Waals surface area contributed by atoms with Crippen molar-refractivity contribution in [2.24, 2.45) is 5.92 Å². The Morgan fingerprint density at radius 3 is 2.67 bits per heavy atom. The van der Waals surface area contributed by atoms with Crippen molar-refractivity contribution in [1.29, 1.82) is 0 Å². The summed E-state index contributed by atoms with van der Waals surface area (Å²) in [6.45, 7) is 1.86. The van der Waals surface area contributed by atoms with Crippen LogP contribution in [-0.2, 0) is 19.1 Å². The van der Waals surface area contributed by atoms with Crippen LogP contribution in [0.15, 0.2) is 18.2 Å². The maximum Gasteiger partial charge on any atom is 0.312 e. The second kappa shape index (κ2) is 8.48. The molecule has 2 atom stereocenters. The van der Waals surface area contributed by atoms with Gasteiger partial charge in [0, 0.05) is 24.0 Å². The predicted octanol–water partition coefficient (Wildman–Crippen LogP) is 3.65. The van der Waals surface area contributed by atoms with Gasteiger partial charge in [0.1, 0.15) is 0 Å². The van der Waals surface area contributed by atoms with Gasteiger partial charge in [-0.15, -0.1) is 0 Å². The lowest BCUT2D eigenvalue weighted by Gasteiger charge is -2.24. The van der Waals surface area contributed by atoms with Gasteiger partial charge in [-0.1, -0.05) is 36.0 Å². The van der Waals surface area contributed by atoms with Crippen molar-refractivity contribution >= 4 is 46.7 Å². The first-order valence-electron chi connectivity index (χ1n) is 9.11. The minimum atomic E-state index is -1.01. The highest BCUT2D eigenvalue weighted by Gasteiger charge is 2.40. The summed E-state index contributed by atoms with van der Waals surface area (Å²) in [4.78, 5) is 38.7. The fourth-order valence-electron chi connectivity index (χ4n) is 3.61. The molecular weight excluding hydrogens is 391 g/mol. The molecule has 1 aliphatic carbocycles. The number of anilines is 1. The number of amides is 2. The van der Waals surface area contributed by atoms with E-state index in [-0.39, 0.29) is 18.4 Å². The van der Waals surface area contributed by atoms with Crippen molar-refractivity contribution in [1.82, 2.24) is 4.90 Å². The van der Waals surface area contributed by atoms with E-state index in [1.54, 1.807) is 17.0 Å². The average molecular weight is 413 g/mol. The number of likely N-dealkylation sites (tertiary alicyclic amines) is 1. The largest absolute Gasteiger partial charge is 0.452 e. The Labute approximate surface area is 168 Å². The summed E-state index contributed by atoms with van der Waals surface area (Å²) in [5, 5.41) is 3.36. The Morgan fingerprint density at radius 1 is 1.26 bits per heavy atom. The van der Waals surface area contributed by atoms with E-state index in [1.165, 1.54) is 13.0 Å². The molecule has 1 heterocycles. The van der Waals surface area contributed by atoms with E-state index in [2.05, 4.69) is 5.32 Å². The van der Waals surface area contributed by atoms with Gasteiger partial charge in [0.15, 0.2) is 6.10 Å². The zero-order chi connectivity index (χ0) is 19.6. The van der Waals surface area contributed by atoms with Gasteiger partial charge < -0.3 is 15.0 Å². The van der Waals surface area contributed by atoms with Crippen LogP contribution >= 0.6 is 23.2 Å². The monoisotopic (exact) mass is 412 g/mol. The summed E-state index contributed by atoms with van der Waals surface area (Å²) in [6.07, 6.45) is 3.35. The number of carbonyl (C=O) groups is 3. The van der Waals surface area contributed by atoms with Crippen molar-refractivity contribution in [3.63, 3.8) is 0 Å². The molecule has 2 aliphatic rings. The molecule has 8 heteroatoms. The lowest BCUT2D eigenvalue weighted by Crippen LogP contribution is -2.36. The standard InChI is InChI=1S/C19H22Cl2N2O4/c1-11(18(25)22-16-9-13(20)6-7-15(16)21)27-19(26)12-8-17(24)23(10-12)14-4-2-3-5-14/h6-7,9,11-12,14H,2-5,8,10H2,1H3,(H,22,25)/t11-,12-/m0/s1. The number of hydrogen-bond acceptors (Lipinski definition) is 4. The number of nitrogens with one attached hydrogen (secondary N) is 1. The summed E-state index contributed by atoms with van der Waals surface area (Å²) in [5.74, 6) is -1.57. The summed E-state index contributed by atoms with van der Waals surface area (Å²) in [6, 6.07) is 4.93. The Bertz CT molecular complexity index is 749. The Morgan fingerprint density at radius 2 is 1.96 bits per heavy atom. The molecule has 0 spiro atoms. The molecule has 1 saturated heterocycles. The van der Waals surface area contributed by atoms with Crippen LogP contribution in [-0.4, -0.2) is 41.4 Å². The Kier molecular flexibility index (Phi) is 6.27. The van der Waals surface area contributed by atoms with E-state index < -0.39 is 23.9 Å². The number of rotatable bonds is 5. The second-order valence-electron chi connectivity index (χ2n) is 7.08. The van der Waals surface area contributed by atoms with Crippen molar-refractivity contribution < 1.29 is 19.1 Å². The lowest BCUT2D eigenvalue weighted by molar-refractivity contribution is -0.157.